The fourth-order valence-electron chi connectivity index (χ4n) is 3.21. The molecule has 112 valence electrons. The molecule has 3 heteroatoms. The van der Waals surface area contributed by atoms with Crippen molar-refractivity contribution < 1.29 is 0 Å². The number of rotatable bonds is 6. The van der Waals surface area contributed by atoms with Crippen molar-refractivity contribution in [3.8, 4) is 0 Å². The predicted octanol–water partition coefficient (Wildman–Crippen LogP) is 3.91. The minimum Gasteiger partial charge on any atom is -0.351 e. The summed E-state index contributed by atoms with van der Waals surface area (Å²) in [7, 11) is 0. The highest BCUT2D eigenvalue weighted by Crippen LogP contribution is 2.31. The molecule has 0 radical (unpaired) electrons. The molecule has 1 aromatic heterocycles. The monoisotopic (exact) mass is 275 g/mol. The molecule has 0 saturated carbocycles. The van der Waals surface area contributed by atoms with E-state index in [1.165, 1.54) is 31.2 Å². The molecule has 1 aliphatic heterocycles. The minimum atomic E-state index is 0.398. The maximum absolute atomic E-state index is 4.63. The van der Waals surface area contributed by atoms with Crippen molar-refractivity contribution in [2.24, 2.45) is 0 Å². The largest absolute Gasteiger partial charge is 0.351 e. The van der Waals surface area contributed by atoms with Crippen LogP contribution in [-0.4, -0.2) is 23.6 Å². The zero-order chi connectivity index (χ0) is 14.5. The van der Waals surface area contributed by atoms with Gasteiger partial charge in [0, 0.05) is 24.3 Å². The Hall–Kier alpha value is -1.09. The molecule has 3 atom stereocenters. The van der Waals surface area contributed by atoms with Crippen LogP contribution in [0.15, 0.2) is 18.3 Å². The van der Waals surface area contributed by atoms with E-state index in [2.05, 4.69) is 55.0 Å². The van der Waals surface area contributed by atoms with Gasteiger partial charge in [0.2, 0.25) is 0 Å². The number of hydrogen-bond donors (Lipinski definition) is 1. The van der Waals surface area contributed by atoms with E-state index in [0.717, 1.165) is 12.4 Å². The molecule has 0 aromatic carbocycles. The Morgan fingerprint density at radius 3 is 2.90 bits per heavy atom. The van der Waals surface area contributed by atoms with E-state index < -0.39 is 0 Å². The first-order valence-electron chi connectivity index (χ1n) is 8.15. The molecular formula is C17H29N3. The molecule has 2 heterocycles. The summed E-state index contributed by atoms with van der Waals surface area (Å²) in [5.41, 5.74) is 1.34. The lowest BCUT2D eigenvalue weighted by atomic mass is 10.1. The number of aromatic nitrogens is 1. The maximum Gasteiger partial charge on any atom is 0.129 e. The molecule has 0 aliphatic carbocycles. The van der Waals surface area contributed by atoms with Crippen molar-refractivity contribution in [2.45, 2.75) is 71.5 Å². The topological polar surface area (TPSA) is 28.2 Å². The molecule has 0 bridgehead atoms. The second-order valence-electron chi connectivity index (χ2n) is 6.02. The summed E-state index contributed by atoms with van der Waals surface area (Å²) in [4.78, 5) is 7.15. The standard InChI is InChI=1S/C17H29N3/c1-5-10-18-14(4)15-9-11-19-17(12-15)20-13(3)7-8-16(20)6-2/h9,11-14,16,18H,5-8,10H2,1-4H3. The number of pyridine rings is 1. The Morgan fingerprint density at radius 2 is 2.20 bits per heavy atom. The molecule has 0 spiro atoms. The fraction of sp³-hybridized carbons (Fsp3) is 0.706. The van der Waals surface area contributed by atoms with Crippen LogP contribution in [0.2, 0.25) is 0 Å². The van der Waals surface area contributed by atoms with Gasteiger partial charge in [0.25, 0.3) is 0 Å². The summed E-state index contributed by atoms with van der Waals surface area (Å²) in [6.45, 7) is 10.1. The lowest BCUT2D eigenvalue weighted by Gasteiger charge is -2.29. The molecule has 1 aliphatic rings. The van der Waals surface area contributed by atoms with E-state index in [4.69, 9.17) is 0 Å². The summed E-state index contributed by atoms with van der Waals surface area (Å²) >= 11 is 0. The second kappa shape index (κ2) is 7.07. The Bertz CT molecular complexity index is 418. The first kappa shape index (κ1) is 15.3. The minimum absolute atomic E-state index is 0.398. The Kier molecular flexibility index (Phi) is 5.41. The molecule has 1 N–H and O–H groups in total. The first-order chi connectivity index (χ1) is 9.67. The Balaban J connectivity index is 2.16. The maximum atomic E-state index is 4.63. The summed E-state index contributed by atoms with van der Waals surface area (Å²) in [5.74, 6) is 1.16. The van der Waals surface area contributed by atoms with Gasteiger partial charge < -0.3 is 10.2 Å². The van der Waals surface area contributed by atoms with Gasteiger partial charge in [-0.15, -0.1) is 0 Å². The third-order valence-electron chi connectivity index (χ3n) is 4.49. The third kappa shape index (κ3) is 3.32. The highest BCUT2D eigenvalue weighted by molar-refractivity contribution is 5.45. The molecule has 1 aromatic rings. The van der Waals surface area contributed by atoms with Gasteiger partial charge in [0.15, 0.2) is 0 Å². The molecule has 3 unspecified atom stereocenters. The van der Waals surface area contributed by atoms with E-state index in [1.807, 2.05) is 6.20 Å². The van der Waals surface area contributed by atoms with E-state index >= 15 is 0 Å². The van der Waals surface area contributed by atoms with Gasteiger partial charge >= 0.3 is 0 Å². The van der Waals surface area contributed by atoms with Crippen molar-refractivity contribution in [1.82, 2.24) is 10.3 Å². The summed E-state index contributed by atoms with van der Waals surface area (Å²) in [6, 6.07) is 6.08. The normalized spacial score (nSPS) is 24.1. The van der Waals surface area contributed by atoms with Crippen molar-refractivity contribution in [3.05, 3.63) is 23.9 Å². The van der Waals surface area contributed by atoms with E-state index in [9.17, 15) is 0 Å². The van der Waals surface area contributed by atoms with Crippen LogP contribution in [0.4, 0.5) is 5.82 Å². The number of nitrogens with one attached hydrogen (secondary N) is 1. The summed E-state index contributed by atoms with van der Waals surface area (Å²) in [5, 5.41) is 3.56. The Morgan fingerprint density at radius 1 is 1.40 bits per heavy atom. The van der Waals surface area contributed by atoms with Crippen LogP contribution in [0.25, 0.3) is 0 Å². The van der Waals surface area contributed by atoms with E-state index in [1.54, 1.807) is 0 Å². The average molecular weight is 275 g/mol. The highest BCUT2D eigenvalue weighted by atomic mass is 15.3. The number of anilines is 1. The van der Waals surface area contributed by atoms with Crippen LogP contribution in [0.1, 0.15) is 65.0 Å². The number of hydrogen-bond acceptors (Lipinski definition) is 3. The zero-order valence-corrected chi connectivity index (χ0v) is 13.4. The third-order valence-corrected chi connectivity index (χ3v) is 4.49. The molecule has 1 saturated heterocycles. The zero-order valence-electron chi connectivity index (χ0n) is 13.4. The van der Waals surface area contributed by atoms with Gasteiger partial charge in [0.05, 0.1) is 0 Å². The van der Waals surface area contributed by atoms with Gasteiger partial charge in [0.1, 0.15) is 5.82 Å². The van der Waals surface area contributed by atoms with Crippen molar-refractivity contribution in [1.29, 1.82) is 0 Å². The van der Waals surface area contributed by atoms with Gasteiger partial charge in [-0.05, 0) is 63.8 Å². The van der Waals surface area contributed by atoms with Crippen LogP contribution in [0.5, 0.6) is 0 Å². The first-order valence-corrected chi connectivity index (χ1v) is 8.15. The molecule has 1 fully saturated rings. The van der Waals surface area contributed by atoms with Crippen molar-refractivity contribution >= 4 is 5.82 Å². The van der Waals surface area contributed by atoms with Gasteiger partial charge in [-0.3, -0.25) is 0 Å². The quantitative estimate of drug-likeness (QED) is 0.853. The van der Waals surface area contributed by atoms with Crippen molar-refractivity contribution in [2.75, 3.05) is 11.4 Å². The molecular weight excluding hydrogens is 246 g/mol. The number of nitrogens with zero attached hydrogens (tertiary/aromatic N) is 2. The lowest BCUT2D eigenvalue weighted by Crippen LogP contribution is -2.35. The van der Waals surface area contributed by atoms with Gasteiger partial charge in [-0.25, -0.2) is 4.98 Å². The highest BCUT2D eigenvalue weighted by Gasteiger charge is 2.30. The molecule has 2 rings (SSSR count). The fourth-order valence-corrected chi connectivity index (χ4v) is 3.21. The average Bonchev–Trinajstić information content (AvgIpc) is 2.85. The van der Waals surface area contributed by atoms with Gasteiger partial charge in [-0.1, -0.05) is 13.8 Å². The SMILES string of the molecule is CCCNC(C)c1ccnc(N2C(C)CCC2CC)c1. The molecule has 0 amide bonds. The smallest absolute Gasteiger partial charge is 0.129 e. The van der Waals surface area contributed by atoms with Crippen LogP contribution in [0.3, 0.4) is 0 Å². The van der Waals surface area contributed by atoms with Crippen LogP contribution >= 0.6 is 0 Å². The van der Waals surface area contributed by atoms with E-state index in [-0.39, 0.29) is 0 Å². The van der Waals surface area contributed by atoms with Crippen LogP contribution < -0.4 is 10.2 Å². The van der Waals surface area contributed by atoms with Crippen LogP contribution in [0, 0.1) is 0 Å². The van der Waals surface area contributed by atoms with E-state index in [0.29, 0.717) is 18.1 Å². The second-order valence-corrected chi connectivity index (χ2v) is 6.02. The summed E-state index contributed by atoms with van der Waals surface area (Å²) < 4.78 is 0. The molecule has 20 heavy (non-hydrogen) atoms. The predicted molar refractivity (Wildman–Crippen MR) is 86.2 cm³/mol. The summed E-state index contributed by atoms with van der Waals surface area (Å²) in [6.07, 6.45) is 6.93. The van der Waals surface area contributed by atoms with Crippen LogP contribution in [-0.2, 0) is 0 Å². The Labute approximate surface area is 123 Å². The lowest BCUT2D eigenvalue weighted by molar-refractivity contribution is 0.568. The molecule has 3 nitrogen and oxygen atoms in total. The van der Waals surface area contributed by atoms with Crippen molar-refractivity contribution in [3.63, 3.8) is 0 Å². The van der Waals surface area contributed by atoms with Gasteiger partial charge in [-0.2, -0.15) is 0 Å².